The lowest BCUT2D eigenvalue weighted by atomic mass is 10.1. The van der Waals surface area contributed by atoms with E-state index in [0.717, 1.165) is 45.4 Å². The second-order valence-corrected chi connectivity index (χ2v) is 6.29. The maximum atomic E-state index is 12.3. The van der Waals surface area contributed by atoms with Crippen LogP contribution < -0.4 is 5.32 Å². The third-order valence-corrected chi connectivity index (χ3v) is 4.93. The van der Waals surface area contributed by atoms with Gasteiger partial charge in [-0.25, -0.2) is 0 Å². The van der Waals surface area contributed by atoms with Crippen LogP contribution in [0.3, 0.4) is 0 Å². The van der Waals surface area contributed by atoms with Gasteiger partial charge in [0.05, 0.1) is 13.2 Å². The van der Waals surface area contributed by atoms with Crippen LogP contribution in [0.5, 0.6) is 0 Å². The summed E-state index contributed by atoms with van der Waals surface area (Å²) in [5, 5.41) is 3.36. The second kappa shape index (κ2) is 6.87. The highest BCUT2D eigenvalue weighted by Crippen LogP contribution is 2.24. The summed E-state index contributed by atoms with van der Waals surface area (Å²) in [5.41, 5.74) is 0. The maximum absolute atomic E-state index is 12.3. The lowest BCUT2D eigenvalue weighted by Gasteiger charge is -2.38. The van der Waals surface area contributed by atoms with Crippen LogP contribution in [0.2, 0.25) is 0 Å². The van der Waals surface area contributed by atoms with Gasteiger partial charge >= 0.3 is 0 Å². The van der Waals surface area contributed by atoms with E-state index in [0.29, 0.717) is 18.9 Å². The molecule has 2 saturated heterocycles. The zero-order valence-electron chi connectivity index (χ0n) is 12.4. The molecule has 0 spiro atoms. The molecule has 3 fully saturated rings. The Hall–Kier alpha value is -0.650. The first-order valence-corrected chi connectivity index (χ1v) is 8.16. The van der Waals surface area contributed by atoms with Crippen molar-refractivity contribution < 1.29 is 9.53 Å². The van der Waals surface area contributed by atoms with E-state index < -0.39 is 0 Å². The third kappa shape index (κ3) is 3.51. The first-order chi connectivity index (χ1) is 9.83. The smallest absolute Gasteiger partial charge is 0.224 e. The van der Waals surface area contributed by atoms with E-state index in [2.05, 4.69) is 10.2 Å². The molecule has 1 aliphatic carbocycles. The number of piperazine rings is 1. The number of carbonyl (C=O) groups is 1. The number of nitrogens with one attached hydrogen (secondary N) is 1. The molecule has 0 aromatic rings. The van der Waals surface area contributed by atoms with Crippen molar-refractivity contribution >= 4 is 5.91 Å². The monoisotopic (exact) mass is 281 g/mol. The first-order valence-electron chi connectivity index (χ1n) is 8.16. The van der Waals surface area contributed by atoms with E-state index in [1.54, 1.807) is 0 Å². The molecule has 0 radical (unpaired) electrons. The number of ether oxygens (including phenoxy) is 1. The fourth-order valence-corrected chi connectivity index (χ4v) is 3.70. The van der Waals surface area contributed by atoms with Crippen LogP contribution in [-0.2, 0) is 9.53 Å². The molecule has 1 atom stereocenters. The zero-order chi connectivity index (χ0) is 13.8. The van der Waals surface area contributed by atoms with Crippen LogP contribution in [0, 0.1) is 0 Å². The van der Waals surface area contributed by atoms with Gasteiger partial charge in [-0.15, -0.1) is 0 Å². The van der Waals surface area contributed by atoms with Crippen molar-refractivity contribution in [2.45, 2.75) is 44.2 Å². The third-order valence-electron chi connectivity index (χ3n) is 4.93. The van der Waals surface area contributed by atoms with Gasteiger partial charge < -0.3 is 15.0 Å². The lowest BCUT2D eigenvalue weighted by Crippen LogP contribution is -2.53. The van der Waals surface area contributed by atoms with Crippen LogP contribution in [-0.4, -0.2) is 73.7 Å². The summed E-state index contributed by atoms with van der Waals surface area (Å²) in [6, 6.07) is 1.00. The number of morpholine rings is 1. The minimum atomic E-state index is 0.212. The molecule has 2 heterocycles. The van der Waals surface area contributed by atoms with Crippen molar-refractivity contribution in [2.75, 3.05) is 45.9 Å². The largest absolute Gasteiger partial charge is 0.378 e. The Balaban J connectivity index is 1.41. The highest BCUT2D eigenvalue weighted by atomic mass is 16.5. The van der Waals surface area contributed by atoms with Crippen molar-refractivity contribution in [3.8, 4) is 0 Å². The van der Waals surface area contributed by atoms with Gasteiger partial charge in [-0.3, -0.25) is 9.69 Å². The number of hydrogen-bond donors (Lipinski definition) is 1. The van der Waals surface area contributed by atoms with Crippen LogP contribution in [0.1, 0.15) is 32.1 Å². The molecule has 0 aromatic carbocycles. The topological polar surface area (TPSA) is 44.8 Å². The van der Waals surface area contributed by atoms with Gasteiger partial charge in [0, 0.05) is 51.2 Å². The Bertz CT molecular complexity index is 317. The molecule has 20 heavy (non-hydrogen) atoms. The predicted octanol–water partition coefficient (Wildman–Crippen LogP) is 0.452. The lowest BCUT2D eigenvalue weighted by molar-refractivity contribution is -0.134. The molecular weight excluding hydrogens is 254 g/mol. The van der Waals surface area contributed by atoms with Gasteiger partial charge in [0.15, 0.2) is 0 Å². The van der Waals surface area contributed by atoms with Crippen molar-refractivity contribution in [1.29, 1.82) is 0 Å². The Morgan fingerprint density at radius 1 is 1.15 bits per heavy atom. The van der Waals surface area contributed by atoms with Crippen molar-refractivity contribution in [2.24, 2.45) is 0 Å². The summed E-state index contributed by atoms with van der Waals surface area (Å²) >= 11 is 0. The Kier molecular flexibility index (Phi) is 4.91. The Morgan fingerprint density at radius 2 is 1.90 bits per heavy atom. The van der Waals surface area contributed by atoms with Gasteiger partial charge in [-0.1, -0.05) is 12.8 Å². The predicted molar refractivity (Wildman–Crippen MR) is 77.6 cm³/mol. The molecule has 1 saturated carbocycles. The molecule has 0 aromatic heterocycles. The van der Waals surface area contributed by atoms with Crippen molar-refractivity contribution in [3.05, 3.63) is 0 Å². The van der Waals surface area contributed by atoms with Crippen LogP contribution in [0.15, 0.2) is 0 Å². The number of hydrogen-bond acceptors (Lipinski definition) is 4. The van der Waals surface area contributed by atoms with Gasteiger partial charge in [0.2, 0.25) is 5.91 Å². The zero-order valence-corrected chi connectivity index (χ0v) is 12.4. The molecule has 1 unspecified atom stereocenters. The second-order valence-electron chi connectivity index (χ2n) is 6.29. The average molecular weight is 281 g/mol. The normalized spacial score (nSPS) is 29.8. The molecule has 5 heteroatoms. The van der Waals surface area contributed by atoms with Gasteiger partial charge in [0.1, 0.15) is 0 Å². The van der Waals surface area contributed by atoms with E-state index >= 15 is 0 Å². The van der Waals surface area contributed by atoms with E-state index in [1.165, 1.54) is 25.7 Å². The maximum Gasteiger partial charge on any atom is 0.224 e. The molecule has 1 N–H and O–H groups in total. The average Bonchev–Trinajstić information content (AvgIpc) is 3.03. The number of rotatable bonds is 3. The molecule has 0 bridgehead atoms. The molecule has 114 valence electrons. The SMILES string of the molecule is O=C(CC1COCCN1)N1CCN(C2CCCC2)CC1. The highest BCUT2D eigenvalue weighted by molar-refractivity contribution is 5.77. The van der Waals surface area contributed by atoms with Crippen LogP contribution in [0.25, 0.3) is 0 Å². The molecule has 3 aliphatic rings. The van der Waals surface area contributed by atoms with Gasteiger partial charge in [-0.2, -0.15) is 0 Å². The van der Waals surface area contributed by atoms with Gasteiger partial charge in [-0.05, 0) is 12.8 Å². The summed E-state index contributed by atoms with van der Waals surface area (Å²) in [6.07, 6.45) is 6.08. The summed E-state index contributed by atoms with van der Waals surface area (Å²) in [6.45, 7) is 6.24. The van der Waals surface area contributed by atoms with Crippen LogP contribution in [0.4, 0.5) is 0 Å². The number of nitrogens with zero attached hydrogens (tertiary/aromatic N) is 2. The summed E-state index contributed by atoms with van der Waals surface area (Å²) in [4.78, 5) is 16.9. The van der Waals surface area contributed by atoms with Crippen LogP contribution >= 0.6 is 0 Å². The summed E-state index contributed by atoms with van der Waals surface area (Å²) in [5.74, 6) is 0.291. The first kappa shape index (κ1) is 14.3. The van der Waals surface area contributed by atoms with Crippen molar-refractivity contribution in [1.82, 2.24) is 15.1 Å². The fraction of sp³-hybridized carbons (Fsp3) is 0.933. The molecule has 2 aliphatic heterocycles. The number of amides is 1. The molecule has 3 rings (SSSR count). The quantitative estimate of drug-likeness (QED) is 0.816. The summed E-state index contributed by atoms with van der Waals surface area (Å²) in [7, 11) is 0. The minimum Gasteiger partial charge on any atom is -0.378 e. The van der Waals surface area contributed by atoms with Gasteiger partial charge in [0.25, 0.3) is 0 Å². The van der Waals surface area contributed by atoms with Crippen molar-refractivity contribution in [3.63, 3.8) is 0 Å². The van der Waals surface area contributed by atoms with E-state index in [4.69, 9.17) is 4.74 Å². The minimum absolute atomic E-state index is 0.212. The number of carbonyl (C=O) groups excluding carboxylic acids is 1. The molecular formula is C15H27N3O2. The van der Waals surface area contributed by atoms with E-state index in [1.807, 2.05) is 4.90 Å². The highest BCUT2D eigenvalue weighted by Gasteiger charge is 2.28. The molecule has 1 amide bonds. The fourth-order valence-electron chi connectivity index (χ4n) is 3.70. The Morgan fingerprint density at radius 3 is 2.55 bits per heavy atom. The summed E-state index contributed by atoms with van der Waals surface area (Å²) < 4.78 is 5.41. The standard InChI is InChI=1S/C15H27N3O2/c19-15(11-13-12-20-10-5-16-13)18-8-6-17(7-9-18)14-3-1-2-4-14/h13-14,16H,1-12H2. The Labute approximate surface area is 121 Å². The molecule has 5 nitrogen and oxygen atoms in total. The van der Waals surface area contributed by atoms with E-state index in [-0.39, 0.29) is 6.04 Å². The van der Waals surface area contributed by atoms with E-state index in [9.17, 15) is 4.79 Å².